The quantitative estimate of drug-likeness (QED) is 0.825. The molecule has 17 heavy (non-hydrogen) atoms. The van der Waals surface area contributed by atoms with Gasteiger partial charge in [0.05, 0.1) is 12.4 Å². The van der Waals surface area contributed by atoms with Gasteiger partial charge in [-0.15, -0.1) is 0 Å². The molecule has 1 aliphatic carbocycles. The van der Waals surface area contributed by atoms with E-state index in [1.165, 1.54) is 38.1 Å². The SMILES string of the molecule is O=C(NC1CCCCCC1)c1cnc(Cl)cn1. The van der Waals surface area contributed by atoms with Gasteiger partial charge in [0, 0.05) is 6.04 Å². The minimum absolute atomic E-state index is 0.152. The van der Waals surface area contributed by atoms with E-state index in [0.29, 0.717) is 10.8 Å². The number of hydrogen-bond acceptors (Lipinski definition) is 3. The highest BCUT2D eigenvalue weighted by molar-refractivity contribution is 6.29. The Morgan fingerprint density at radius 2 is 1.88 bits per heavy atom. The molecule has 2 rings (SSSR count). The third kappa shape index (κ3) is 3.66. The van der Waals surface area contributed by atoms with Crippen LogP contribution in [-0.4, -0.2) is 21.9 Å². The summed E-state index contributed by atoms with van der Waals surface area (Å²) in [6.07, 6.45) is 9.85. The van der Waals surface area contributed by atoms with Gasteiger partial charge in [-0.1, -0.05) is 37.3 Å². The molecule has 1 aromatic heterocycles. The van der Waals surface area contributed by atoms with Gasteiger partial charge in [0.15, 0.2) is 0 Å². The zero-order valence-corrected chi connectivity index (χ0v) is 10.4. The molecule has 1 fully saturated rings. The normalized spacial score (nSPS) is 17.5. The molecule has 0 atom stereocenters. The van der Waals surface area contributed by atoms with Crippen LogP contribution in [0.2, 0.25) is 5.15 Å². The molecule has 0 saturated heterocycles. The molecular weight excluding hydrogens is 238 g/mol. The Morgan fingerprint density at radius 1 is 1.18 bits per heavy atom. The number of rotatable bonds is 2. The molecule has 4 nitrogen and oxygen atoms in total. The van der Waals surface area contributed by atoms with Gasteiger partial charge in [0.25, 0.3) is 5.91 Å². The van der Waals surface area contributed by atoms with Gasteiger partial charge in [-0.05, 0) is 12.8 Å². The number of nitrogens with one attached hydrogen (secondary N) is 1. The van der Waals surface area contributed by atoms with Crippen LogP contribution < -0.4 is 5.32 Å². The van der Waals surface area contributed by atoms with Gasteiger partial charge < -0.3 is 5.32 Å². The fourth-order valence-corrected chi connectivity index (χ4v) is 2.21. The lowest BCUT2D eigenvalue weighted by atomic mass is 10.1. The second-order valence-electron chi connectivity index (χ2n) is 4.39. The van der Waals surface area contributed by atoms with Crippen LogP contribution in [0.1, 0.15) is 49.0 Å². The lowest BCUT2D eigenvalue weighted by molar-refractivity contribution is 0.0928. The highest BCUT2D eigenvalue weighted by atomic mass is 35.5. The van der Waals surface area contributed by atoms with Crippen LogP contribution in [0.3, 0.4) is 0 Å². The van der Waals surface area contributed by atoms with E-state index in [0.717, 1.165) is 12.8 Å². The maximum Gasteiger partial charge on any atom is 0.271 e. The van der Waals surface area contributed by atoms with E-state index in [-0.39, 0.29) is 11.9 Å². The number of carbonyl (C=O) groups excluding carboxylic acids is 1. The van der Waals surface area contributed by atoms with Gasteiger partial charge >= 0.3 is 0 Å². The van der Waals surface area contributed by atoms with Gasteiger partial charge in [0.2, 0.25) is 0 Å². The van der Waals surface area contributed by atoms with Gasteiger partial charge in [-0.2, -0.15) is 0 Å². The van der Waals surface area contributed by atoms with E-state index >= 15 is 0 Å². The first-order chi connectivity index (χ1) is 8.25. The van der Waals surface area contributed by atoms with Crippen molar-refractivity contribution in [1.82, 2.24) is 15.3 Å². The first-order valence-corrected chi connectivity index (χ1v) is 6.42. The van der Waals surface area contributed by atoms with E-state index in [1.54, 1.807) is 0 Å². The second kappa shape index (κ2) is 5.96. The molecular formula is C12H16ClN3O. The standard InChI is InChI=1S/C12H16ClN3O/c13-11-8-14-10(7-15-11)12(17)16-9-5-3-1-2-4-6-9/h7-9H,1-6H2,(H,16,17). The topological polar surface area (TPSA) is 54.9 Å². The monoisotopic (exact) mass is 253 g/mol. The summed E-state index contributed by atoms with van der Waals surface area (Å²) >= 11 is 5.62. The van der Waals surface area contributed by atoms with Crippen molar-refractivity contribution in [3.8, 4) is 0 Å². The number of amides is 1. The predicted octanol–water partition coefficient (Wildman–Crippen LogP) is 2.58. The fourth-order valence-electron chi connectivity index (χ4n) is 2.11. The van der Waals surface area contributed by atoms with Crippen molar-refractivity contribution in [2.24, 2.45) is 0 Å². The van der Waals surface area contributed by atoms with E-state index < -0.39 is 0 Å². The zero-order valence-electron chi connectivity index (χ0n) is 9.66. The van der Waals surface area contributed by atoms with Crippen LogP contribution in [0, 0.1) is 0 Å². The highest BCUT2D eigenvalue weighted by Crippen LogP contribution is 2.17. The lowest BCUT2D eigenvalue weighted by Gasteiger charge is -2.15. The maximum absolute atomic E-state index is 11.9. The Bertz CT molecular complexity index is 372. The summed E-state index contributed by atoms with van der Waals surface area (Å²) in [5.74, 6) is -0.152. The maximum atomic E-state index is 11.9. The van der Waals surface area contributed by atoms with E-state index in [1.807, 2.05) is 0 Å². The molecule has 0 unspecified atom stereocenters. The van der Waals surface area contributed by atoms with Crippen LogP contribution in [0.15, 0.2) is 12.4 Å². The average Bonchev–Trinajstić information content (AvgIpc) is 2.58. The zero-order chi connectivity index (χ0) is 12.1. The van der Waals surface area contributed by atoms with E-state index in [2.05, 4.69) is 15.3 Å². The van der Waals surface area contributed by atoms with Gasteiger partial charge in [-0.25, -0.2) is 9.97 Å². The van der Waals surface area contributed by atoms with E-state index in [4.69, 9.17) is 11.6 Å². The summed E-state index contributed by atoms with van der Waals surface area (Å²) in [5.41, 5.74) is 0.332. The minimum Gasteiger partial charge on any atom is -0.348 e. The smallest absolute Gasteiger partial charge is 0.271 e. The number of aromatic nitrogens is 2. The van der Waals surface area contributed by atoms with Crippen LogP contribution in [-0.2, 0) is 0 Å². The van der Waals surface area contributed by atoms with Crippen molar-refractivity contribution < 1.29 is 4.79 Å². The molecule has 0 aliphatic heterocycles. The lowest BCUT2D eigenvalue weighted by Crippen LogP contribution is -2.34. The molecule has 1 heterocycles. The molecule has 1 aliphatic rings. The molecule has 0 spiro atoms. The third-order valence-corrected chi connectivity index (χ3v) is 3.24. The predicted molar refractivity (Wildman–Crippen MR) is 66.0 cm³/mol. The van der Waals surface area contributed by atoms with Crippen molar-refractivity contribution in [1.29, 1.82) is 0 Å². The molecule has 92 valence electrons. The van der Waals surface area contributed by atoms with Crippen LogP contribution in [0.25, 0.3) is 0 Å². The molecule has 0 aromatic carbocycles. The van der Waals surface area contributed by atoms with Gasteiger partial charge in [0.1, 0.15) is 10.8 Å². The van der Waals surface area contributed by atoms with Crippen LogP contribution in [0.5, 0.6) is 0 Å². The Morgan fingerprint density at radius 3 is 2.47 bits per heavy atom. The van der Waals surface area contributed by atoms with Crippen molar-refractivity contribution >= 4 is 17.5 Å². The Labute approximate surface area is 106 Å². The van der Waals surface area contributed by atoms with Crippen molar-refractivity contribution in [3.05, 3.63) is 23.2 Å². The number of nitrogens with zero attached hydrogens (tertiary/aromatic N) is 2. The van der Waals surface area contributed by atoms with Crippen molar-refractivity contribution in [3.63, 3.8) is 0 Å². The minimum atomic E-state index is -0.152. The van der Waals surface area contributed by atoms with Crippen molar-refractivity contribution in [2.75, 3.05) is 0 Å². The van der Waals surface area contributed by atoms with Crippen LogP contribution in [0.4, 0.5) is 0 Å². The summed E-state index contributed by atoms with van der Waals surface area (Å²) in [4.78, 5) is 19.7. The Balaban J connectivity index is 1.93. The van der Waals surface area contributed by atoms with Crippen LogP contribution >= 0.6 is 11.6 Å². The largest absolute Gasteiger partial charge is 0.348 e. The summed E-state index contributed by atoms with van der Waals surface area (Å²) in [6.45, 7) is 0. The second-order valence-corrected chi connectivity index (χ2v) is 4.77. The molecule has 1 N–H and O–H groups in total. The molecule has 1 aromatic rings. The summed E-state index contributed by atoms with van der Waals surface area (Å²) in [5, 5.41) is 3.31. The summed E-state index contributed by atoms with van der Waals surface area (Å²) in [7, 11) is 0. The number of halogens is 1. The Hall–Kier alpha value is -1.16. The molecule has 0 radical (unpaired) electrons. The Kier molecular flexibility index (Phi) is 4.31. The number of hydrogen-bond donors (Lipinski definition) is 1. The first-order valence-electron chi connectivity index (χ1n) is 6.04. The van der Waals surface area contributed by atoms with E-state index in [9.17, 15) is 4.79 Å². The fraction of sp³-hybridized carbons (Fsp3) is 0.583. The third-order valence-electron chi connectivity index (χ3n) is 3.04. The molecule has 0 bridgehead atoms. The average molecular weight is 254 g/mol. The summed E-state index contributed by atoms with van der Waals surface area (Å²) < 4.78 is 0. The summed E-state index contributed by atoms with van der Waals surface area (Å²) in [6, 6.07) is 0.280. The van der Waals surface area contributed by atoms with Crippen molar-refractivity contribution in [2.45, 2.75) is 44.6 Å². The number of carbonyl (C=O) groups is 1. The molecule has 1 saturated carbocycles. The van der Waals surface area contributed by atoms with Gasteiger partial charge in [-0.3, -0.25) is 4.79 Å². The molecule has 5 heteroatoms. The highest BCUT2D eigenvalue weighted by Gasteiger charge is 2.16. The molecule has 1 amide bonds. The first kappa shape index (κ1) is 12.3.